The molecule has 0 aromatic heterocycles. The second-order valence-corrected chi connectivity index (χ2v) is 3.73. The lowest BCUT2D eigenvalue weighted by Crippen LogP contribution is -2.20. The number of fused-ring (bicyclic) bond motifs is 1. The van der Waals surface area contributed by atoms with Crippen LogP contribution in [-0.2, 0) is 13.1 Å². The van der Waals surface area contributed by atoms with E-state index in [1.54, 1.807) is 0 Å². The van der Waals surface area contributed by atoms with Crippen molar-refractivity contribution < 1.29 is 4.74 Å². The van der Waals surface area contributed by atoms with E-state index in [2.05, 4.69) is 18.0 Å². The first-order valence-electron chi connectivity index (χ1n) is 4.93. The average Bonchev–Trinajstić information content (AvgIpc) is 2.37. The molecule has 0 bridgehead atoms. The van der Waals surface area contributed by atoms with E-state index >= 15 is 0 Å². The Balaban J connectivity index is 2.32. The predicted octanol–water partition coefficient (Wildman–Crippen LogP) is 0.969. The standard InChI is InChI=1S/C11H16N2O/c1-13-4-5-14-11-3-2-9(7-12)6-10(11)8-13/h2-3,6H,4-5,7-8,12H2,1H3. The van der Waals surface area contributed by atoms with Crippen LogP contribution in [0.1, 0.15) is 11.1 Å². The minimum Gasteiger partial charge on any atom is -0.492 e. The molecule has 2 N–H and O–H groups in total. The molecule has 76 valence electrons. The van der Waals surface area contributed by atoms with Gasteiger partial charge in [-0.15, -0.1) is 0 Å². The maximum atomic E-state index is 5.64. The average molecular weight is 192 g/mol. The normalized spacial score (nSPS) is 17.0. The largest absolute Gasteiger partial charge is 0.492 e. The van der Waals surface area contributed by atoms with E-state index in [0.29, 0.717) is 6.54 Å². The number of hydrogen-bond donors (Lipinski definition) is 1. The molecule has 1 heterocycles. The zero-order chi connectivity index (χ0) is 9.97. The Morgan fingerprint density at radius 1 is 1.50 bits per heavy atom. The Labute approximate surface area is 84.5 Å². The molecular formula is C11H16N2O. The number of rotatable bonds is 1. The van der Waals surface area contributed by atoms with Gasteiger partial charge in [0.25, 0.3) is 0 Å². The van der Waals surface area contributed by atoms with E-state index < -0.39 is 0 Å². The van der Waals surface area contributed by atoms with E-state index in [4.69, 9.17) is 10.5 Å². The Bertz CT molecular complexity index is 325. The van der Waals surface area contributed by atoms with Gasteiger partial charge in [0.1, 0.15) is 12.4 Å². The maximum Gasteiger partial charge on any atom is 0.123 e. The van der Waals surface area contributed by atoms with Gasteiger partial charge < -0.3 is 10.5 Å². The fraction of sp³-hybridized carbons (Fsp3) is 0.455. The number of ether oxygens (including phenoxy) is 1. The van der Waals surface area contributed by atoms with Gasteiger partial charge >= 0.3 is 0 Å². The van der Waals surface area contributed by atoms with Crippen molar-refractivity contribution in [1.29, 1.82) is 0 Å². The van der Waals surface area contributed by atoms with Gasteiger partial charge in [-0.1, -0.05) is 6.07 Å². The quantitative estimate of drug-likeness (QED) is 0.720. The molecular weight excluding hydrogens is 176 g/mol. The Hall–Kier alpha value is -1.06. The monoisotopic (exact) mass is 192 g/mol. The Kier molecular flexibility index (Phi) is 2.70. The summed E-state index contributed by atoms with van der Waals surface area (Å²) in [6.07, 6.45) is 0. The van der Waals surface area contributed by atoms with Gasteiger partial charge in [0, 0.05) is 25.2 Å². The molecule has 0 atom stereocenters. The summed E-state index contributed by atoms with van der Waals surface area (Å²) in [6, 6.07) is 6.19. The van der Waals surface area contributed by atoms with Gasteiger partial charge in [-0.2, -0.15) is 0 Å². The molecule has 2 rings (SSSR count). The highest BCUT2D eigenvalue weighted by atomic mass is 16.5. The lowest BCUT2D eigenvalue weighted by atomic mass is 10.1. The summed E-state index contributed by atoms with van der Waals surface area (Å²) in [5.74, 6) is 1.01. The molecule has 1 aromatic rings. The molecule has 0 radical (unpaired) electrons. The minimum absolute atomic E-state index is 0.594. The molecule has 3 nitrogen and oxygen atoms in total. The highest BCUT2D eigenvalue weighted by Crippen LogP contribution is 2.23. The third kappa shape index (κ3) is 1.89. The smallest absolute Gasteiger partial charge is 0.123 e. The van der Waals surface area contributed by atoms with Crippen molar-refractivity contribution in [3.8, 4) is 5.75 Å². The second kappa shape index (κ2) is 3.98. The van der Waals surface area contributed by atoms with E-state index in [1.165, 1.54) is 11.1 Å². The number of nitrogens with two attached hydrogens (primary N) is 1. The van der Waals surface area contributed by atoms with Crippen LogP contribution in [0.15, 0.2) is 18.2 Å². The lowest BCUT2D eigenvalue weighted by molar-refractivity contribution is 0.259. The fourth-order valence-corrected chi connectivity index (χ4v) is 1.71. The molecule has 1 aromatic carbocycles. The summed E-state index contributed by atoms with van der Waals surface area (Å²) >= 11 is 0. The molecule has 0 unspecified atom stereocenters. The van der Waals surface area contributed by atoms with Crippen molar-refractivity contribution in [3.05, 3.63) is 29.3 Å². The van der Waals surface area contributed by atoms with Crippen molar-refractivity contribution in [2.75, 3.05) is 20.2 Å². The first-order valence-corrected chi connectivity index (χ1v) is 4.93. The summed E-state index contributed by atoms with van der Waals surface area (Å²) in [4.78, 5) is 2.26. The summed E-state index contributed by atoms with van der Waals surface area (Å²) in [6.45, 7) is 3.29. The highest BCUT2D eigenvalue weighted by Gasteiger charge is 2.12. The molecule has 0 saturated heterocycles. The van der Waals surface area contributed by atoms with Crippen LogP contribution in [-0.4, -0.2) is 25.1 Å². The van der Waals surface area contributed by atoms with Crippen LogP contribution in [0.25, 0.3) is 0 Å². The van der Waals surface area contributed by atoms with Crippen molar-refractivity contribution in [1.82, 2.24) is 4.90 Å². The van der Waals surface area contributed by atoms with Crippen molar-refractivity contribution in [3.63, 3.8) is 0 Å². The summed E-state index contributed by atoms with van der Waals surface area (Å²) in [5, 5.41) is 0. The highest BCUT2D eigenvalue weighted by molar-refractivity contribution is 5.37. The first kappa shape index (κ1) is 9.49. The number of nitrogens with zero attached hydrogens (tertiary/aromatic N) is 1. The van der Waals surface area contributed by atoms with Crippen molar-refractivity contribution >= 4 is 0 Å². The second-order valence-electron chi connectivity index (χ2n) is 3.73. The topological polar surface area (TPSA) is 38.5 Å². The first-order chi connectivity index (χ1) is 6.79. The van der Waals surface area contributed by atoms with Crippen LogP contribution in [0, 0.1) is 0 Å². The van der Waals surface area contributed by atoms with Crippen LogP contribution in [0.4, 0.5) is 0 Å². The van der Waals surface area contributed by atoms with Crippen molar-refractivity contribution in [2.24, 2.45) is 5.73 Å². The van der Waals surface area contributed by atoms with Crippen LogP contribution >= 0.6 is 0 Å². The van der Waals surface area contributed by atoms with Gasteiger partial charge in [0.15, 0.2) is 0 Å². The molecule has 1 aliphatic heterocycles. The van der Waals surface area contributed by atoms with E-state index in [0.717, 1.165) is 25.4 Å². The Morgan fingerprint density at radius 2 is 2.36 bits per heavy atom. The van der Waals surface area contributed by atoms with Crippen LogP contribution in [0.5, 0.6) is 5.75 Å². The summed E-state index contributed by atoms with van der Waals surface area (Å²) < 4.78 is 5.64. The molecule has 0 saturated carbocycles. The van der Waals surface area contributed by atoms with Crippen LogP contribution in [0.3, 0.4) is 0 Å². The number of hydrogen-bond acceptors (Lipinski definition) is 3. The SMILES string of the molecule is CN1CCOc2ccc(CN)cc2C1. The predicted molar refractivity (Wildman–Crippen MR) is 56.2 cm³/mol. The minimum atomic E-state index is 0.594. The number of likely N-dealkylation sites (N-methyl/N-ethyl adjacent to an activating group) is 1. The number of benzene rings is 1. The van der Waals surface area contributed by atoms with Crippen LogP contribution in [0.2, 0.25) is 0 Å². The summed E-state index contributed by atoms with van der Waals surface area (Å²) in [5.41, 5.74) is 8.01. The molecule has 0 aliphatic carbocycles. The van der Waals surface area contributed by atoms with E-state index in [9.17, 15) is 0 Å². The molecule has 0 amide bonds. The Morgan fingerprint density at radius 3 is 3.14 bits per heavy atom. The molecule has 3 heteroatoms. The van der Waals surface area contributed by atoms with Gasteiger partial charge in [0.05, 0.1) is 0 Å². The fourth-order valence-electron chi connectivity index (χ4n) is 1.71. The lowest BCUT2D eigenvalue weighted by Gasteiger charge is -2.11. The van der Waals surface area contributed by atoms with Crippen molar-refractivity contribution in [2.45, 2.75) is 13.1 Å². The third-order valence-corrected chi connectivity index (χ3v) is 2.53. The maximum absolute atomic E-state index is 5.64. The zero-order valence-corrected chi connectivity index (χ0v) is 8.49. The molecule has 14 heavy (non-hydrogen) atoms. The van der Waals surface area contributed by atoms with Gasteiger partial charge in [-0.3, -0.25) is 4.90 Å². The van der Waals surface area contributed by atoms with E-state index in [1.807, 2.05) is 12.1 Å². The molecule has 1 aliphatic rings. The summed E-state index contributed by atoms with van der Waals surface area (Å²) in [7, 11) is 2.10. The molecule has 0 spiro atoms. The van der Waals surface area contributed by atoms with Crippen LogP contribution < -0.4 is 10.5 Å². The zero-order valence-electron chi connectivity index (χ0n) is 8.49. The van der Waals surface area contributed by atoms with E-state index in [-0.39, 0.29) is 0 Å². The molecule has 0 fully saturated rings. The van der Waals surface area contributed by atoms with Gasteiger partial charge in [-0.05, 0) is 24.7 Å². The third-order valence-electron chi connectivity index (χ3n) is 2.53. The van der Waals surface area contributed by atoms with Gasteiger partial charge in [-0.25, -0.2) is 0 Å². The van der Waals surface area contributed by atoms with Gasteiger partial charge in [0.2, 0.25) is 0 Å².